The number of thiophene rings is 1. The molecule has 0 atom stereocenters. The third-order valence-electron chi connectivity index (χ3n) is 3.71. The number of hydrogen-bond donors (Lipinski definition) is 0. The third kappa shape index (κ3) is 3.51. The average molecular weight is 443 g/mol. The molecule has 0 unspecified atom stereocenters. The van der Waals surface area contributed by atoms with Gasteiger partial charge >= 0.3 is 5.97 Å². The lowest BCUT2D eigenvalue weighted by Gasteiger charge is -2.21. The molecule has 0 spiro atoms. The molecule has 5 nitrogen and oxygen atoms in total. The van der Waals surface area contributed by atoms with Gasteiger partial charge in [0.25, 0.3) is 0 Å². The van der Waals surface area contributed by atoms with Crippen molar-refractivity contribution < 1.29 is 22.7 Å². The molecule has 2 aromatic rings. The van der Waals surface area contributed by atoms with E-state index >= 15 is 0 Å². The molecule has 0 saturated carbocycles. The Kier molecular flexibility index (Phi) is 4.55. The van der Waals surface area contributed by atoms with Gasteiger partial charge in [0.2, 0.25) is 5.76 Å². The van der Waals surface area contributed by atoms with Crippen molar-refractivity contribution >= 4 is 48.6 Å². The molecule has 0 saturated heterocycles. The Morgan fingerprint density at radius 2 is 1.80 bits per heavy atom. The van der Waals surface area contributed by atoms with Crippen LogP contribution in [0.3, 0.4) is 0 Å². The maximum atomic E-state index is 12.3. The topological polar surface area (TPSA) is 69.7 Å². The SMILES string of the molecule is CC1(C)OC(=O)C(Oc2sccc2Br)=C1c1ccc(S(C)(=O)=O)cc1. The van der Waals surface area contributed by atoms with Crippen molar-refractivity contribution in [3.8, 4) is 5.06 Å². The Morgan fingerprint density at radius 1 is 1.16 bits per heavy atom. The van der Waals surface area contributed by atoms with Crippen molar-refractivity contribution in [2.24, 2.45) is 0 Å². The van der Waals surface area contributed by atoms with E-state index in [0.717, 1.165) is 10.7 Å². The maximum absolute atomic E-state index is 12.3. The molecule has 0 N–H and O–H groups in total. The van der Waals surface area contributed by atoms with E-state index in [1.54, 1.807) is 26.0 Å². The summed E-state index contributed by atoms with van der Waals surface area (Å²) < 4.78 is 35.3. The normalized spacial score (nSPS) is 16.9. The van der Waals surface area contributed by atoms with Crippen molar-refractivity contribution in [1.82, 2.24) is 0 Å². The first-order valence-electron chi connectivity index (χ1n) is 7.29. The summed E-state index contributed by atoms with van der Waals surface area (Å²) in [5.74, 6) is -0.437. The van der Waals surface area contributed by atoms with Crippen molar-refractivity contribution in [2.75, 3.05) is 6.26 Å². The minimum absolute atomic E-state index is 0.111. The molecule has 2 heterocycles. The van der Waals surface area contributed by atoms with Gasteiger partial charge in [0.05, 0.1) is 14.9 Å². The zero-order valence-corrected chi connectivity index (χ0v) is 16.9. The van der Waals surface area contributed by atoms with E-state index in [1.807, 2.05) is 11.4 Å². The summed E-state index contributed by atoms with van der Waals surface area (Å²) in [4.78, 5) is 12.5. The standard InChI is InChI=1S/C17H15BrO5S2/c1-17(2)13(10-4-6-11(7-5-10)25(3,20)21)14(15(19)23-17)22-16-12(18)8-9-24-16/h4-9H,1-3H3. The van der Waals surface area contributed by atoms with E-state index in [1.165, 1.54) is 23.5 Å². The number of cyclic esters (lactones) is 1. The largest absolute Gasteiger partial charge is 0.449 e. The quantitative estimate of drug-likeness (QED) is 0.668. The second-order valence-electron chi connectivity index (χ2n) is 6.06. The van der Waals surface area contributed by atoms with E-state index in [0.29, 0.717) is 16.2 Å². The number of rotatable bonds is 4. The van der Waals surface area contributed by atoms with Crippen LogP contribution in [0.5, 0.6) is 5.06 Å². The molecule has 1 aliphatic heterocycles. The average Bonchev–Trinajstić information content (AvgIpc) is 2.99. The van der Waals surface area contributed by atoms with Gasteiger partial charge in [-0.15, -0.1) is 11.3 Å². The highest BCUT2D eigenvalue weighted by Crippen LogP contribution is 2.42. The summed E-state index contributed by atoms with van der Waals surface area (Å²) in [5.41, 5.74) is 0.367. The monoisotopic (exact) mass is 442 g/mol. The Labute approximate surface area is 158 Å². The Hall–Kier alpha value is -1.64. The molecule has 8 heteroatoms. The Bertz CT molecular complexity index is 969. The van der Waals surface area contributed by atoms with Gasteiger partial charge in [-0.1, -0.05) is 12.1 Å². The van der Waals surface area contributed by atoms with Crippen molar-refractivity contribution in [1.29, 1.82) is 0 Å². The number of hydrogen-bond acceptors (Lipinski definition) is 6. The molecular weight excluding hydrogens is 428 g/mol. The minimum Gasteiger partial charge on any atom is -0.449 e. The van der Waals surface area contributed by atoms with Crippen LogP contribution < -0.4 is 4.74 Å². The van der Waals surface area contributed by atoms with E-state index < -0.39 is 21.4 Å². The van der Waals surface area contributed by atoms with Crippen LogP contribution in [0.25, 0.3) is 5.57 Å². The molecule has 25 heavy (non-hydrogen) atoms. The van der Waals surface area contributed by atoms with Crippen LogP contribution in [0.2, 0.25) is 0 Å². The summed E-state index contributed by atoms with van der Waals surface area (Å²) >= 11 is 4.72. The number of halogens is 1. The van der Waals surface area contributed by atoms with E-state index in [2.05, 4.69) is 15.9 Å². The lowest BCUT2D eigenvalue weighted by Crippen LogP contribution is -2.22. The Balaban J connectivity index is 2.10. The molecule has 1 aromatic carbocycles. The highest BCUT2D eigenvalue weighted by Gasteiger charge is 2.43. The van der Waals surface area contributed by atoms with Crippen LogP contribution in [0.15, 0.2) is 50.8 Å². The highest BCUT2D eigenvalue weighted by molar-refractivity contribution is 9.10. The van der Waals surface area contributed by atoms with Crippen molar-refractivity contribution in [2.45, 2.75) is 24.3 Å². The van der Waals surface area contributed by atoms with Crippen LogP contribution >= 0.6 is 27.3 Å². The van der Waals surface area contributed by atoms with E-state index in [-0.39, 0.29) is 10.7 Å². The Morgan fingerprint density at radius 3 is 2.32 bits per heavy atom. The summed E-state index contributed by atoms with van der Waals surface area (Å²) in [7, 11) is -3.29. The van der Waals surface area contributed by atoms with Gasteiger partial charge in [0.15, 0.2) is 14.9 Å². The molecule has 0 fully saturated rings. The first-order chi connectivity index (χ1) is 11.6. The van der Waals surface area contributed by atoms with E-state index in [4.69, 9.17) is 9.47 Å². The fraction of sp³-hybridized carbons (Fsp3) is 0.235. The third-order valence-corrected chi connectivity index (χ3v) is 6.52. The fourth-order valence-corrected chi connectivity index (χ4v) is 4.53. The molecule has 1 aliphatic rings. The van der Waals surface area contributed by atoms with Gasteiger partial charge in [0, 0.05) is 6.26 Å². The summed E-state index contributed by atoms with van der Waals surface area (Å²) in [6.07, 6.45) is 1.15. The molecule has 132 valence electrons. The zero-order valence-electron chi connectivity index (χ0n) is 13.7. The van der Waals surface area contributed by atoms with Crippen molar-refractivity contribution in [3.05, 3.63) is 51.5 Å². The lowest BCUT2D eigenvalue weighted by atomic mass is 9.92. The molecule has 0 bridgehead atoms. The van der Waals surface area contributed by atoms with Gasteiger partial charge in [-0.3, -0.25) is 0 Å². The number of benzene rings is 1. The molecule has 1 aromatic heterocycles. The number of sulfone groups is 1. The van der Waals surface area contributed by atoms with Crippen molar-refractivity contribution in [3.63, 3.8) is 0 Å². The second kappa shape index (κ2) is 6.26. The van der Waals surface area contributed by atoms with Crippen LogP contribution in [-0.2, 0) is 19.4 Å². The predicted octanol–water partition coefficient (Wildman–Crippen LogP) is 4.04. The van der Waals surface area contributed by atoms with Gasteiger partial charge in [-0.2, -0.15) is 0 Å². The van der Waals surface area contributed by atoms with Crippen LogP contribution in [0.1, 0.15) is 19.4 Å². The number of ether oxygens (including phenoxy) is 2. The van der Waals surface area contributed by atoms with Crippen LogP contribution in [0, 0.1) is 0 Å². The summed E-state index contributed by atoms with van der Waals surface area (Å²) in [6.45, 7) is 3.54. The fourth-order valence-electron chi connectivity index (χ4n) is 2.59. The molecule has 0 aliphatic carbocycles. The smallest absolute Gasteiger partial charge is 0.375 e. The summed E-state index contributed by atoms with van der Waals surface area (Å²) in [6, 6.07) is 8.15. The molecule has 0 radical (unpaired) electrons. The number of esters is 1. The van der Waals surface area contributed by atoms with Gasteiger partial charge < -0.3 is 9.47 Å². The number of carbonyl (C=O) groups is 1. The van der Waals surface area contributed by atoms with Gasteiger partial charge in [-0.25, -0.2) is 13.2 Å². The first kappa shape index (κ1) is 18.2. The zero-order chi connectivity index (χ0) is 18.4. The second-order valence-corrected chi connectivity index (χ2v) is 9.81. The van der Waals surface area contributed by atoms with Gasteiger partial charge in [-0.05, 0) is 58.9 Å². The summed E-state index contributed by atoms with van der Waals surface area (Å²) in [5, 5.41) is 2.39. The van der Waals surface area contributed by atoms with Gasteiger partial charge in [0.1, 0.15) is 5.60 Å². The predicted molar refractivity (Wildman–Crippen MR) is 99.3 cm³/mol. The highest BCUT2D eigenvalue weighted by atomic mass is 79.9. The van der Waals surface area contributed by atoms with Crippen LogP contribution in [-0.4, -0.2) is 26.2 Å². The molecule has 3 rings (SSSR count). The first-order valence-corrected chi connectivity index (χ1v) is 10.9. The maximum Gasteiger partial charge on any atom is 0.375 e. The number of carbonyl (C=O) groups excluding carboxylic acids is 1. The molecular formula is C17H15BrO5S2. The molecule has 0 amide bonds. The van der Waals surface area contributed by atoms with E-state index in [9.17, 15) is 13.2 Å². The lowest BCUT2D eigenvalue weighted by molar-refractivity contribution is -0.145. The van der Waals surface area contributed by atoms with Crippen LogP contribution in [0.4, 0.5) is 0 Å². The minimum atomic E-state index is -3.29.